The molecule has 1 heterocycles. The summed E-state index contributed by atoms with van der Waals surface area (Å²) >= 11 is 0. The van der Waals surface area contributed by atoms with Crippen molar-refractivity contribution in [3.63, 3.8) is 0 Å². The molecule has 15 heavy (non-hydrogen) atoms. The maximum absolute atomic E-state index is 10.9. The minimum absolute atomic E-state index is 0.132. The molecular formula is C10H17N3O2. The van der Waals surface area contributed by atoms with E-state index in [0.717, 1.165) is 13.1 Å². The summed E-state index contributed by atoms with van der Waals surface area (Å²) in [6.45, 7) is 3.55. The molecule has 1 atom stereocenters. The number of nitrogens with zero attached hydrogens (tertiary/aromatic N) is 2. The van der Waals surface area contributed by atoms with Crippen molar-refractivity contribution in [3.8, 4) is 0 Å². The Morgan fingerprint density at radius 1 is 1.67 bits per heavy atom. The highest BCUT2D eigenvalue weighted by atomic mass is 16.5. The molecule has 5 heteroatoms. The average Bonchev–Trinajstić information content (AvgIpc) is 2.70. The van der Waals surface area contributed by atoms with Crippen LogP contribution in [0, 0.1) is 0 Å². The molecule has 1 N–H and O–H groups in total. The summed E-state index contributed by atoms with van der Waals surface area (Å²) in [6.07, 6.45) is 4.06. The van der Waals surface area contributed by atoms with Gasteiger partial charge in [-0.15, -0.1) is 0 Å². The van der Waals surface area contributed by atoms with Crippen molar-refractivity contribution < 1.29 is 9.53 Å². The topological polar surface area (TPSA) is 56.1 Å². The van der Waals surface area contributed by atoms with Gasteiger partial charge in [0.1, 0.15) is 0 Å². The molecule has 0 spiro atoms. The van der Waals surface area contributed by atoms with Gasteiger partial charge in [-0.1, -0.05) is 0 Å². The van der Waals surface area contributed by atoms with Gasteiger partial charge in [-0.2, -0.15) is 5.10 Å². The highest BCUT2D eigenvalue weighted by Crippen LogP contribution is 1.92. The van der Waals surface area contributed by atoms with Crippen molar-refractivity contribution in [1.82, 2.24) is 15.1 Å². The summed E-state index contributed by atoms with van der Waals surface area (Å²) in [4.78, 5) is 10.9. The number of hydrogen-bond donors (Lipinski definition) is 1. The van der Waals surface area contributed by atoms with Gasteiger partial charge in [-0.3, -0.25) is 9.48 Å². The fourth-order valence-electron chi connectivity index (χ4n) is 1.26. The van der Waals surface area contributed by atoms with Crippen LogP contribution in [0.15, 0.2) is 18.5 Å². The standard InChI is InChI=1S/C10H17N3O2/c1-9(8-10(14)15-2)11-5-7-13-6-3-4-12-13/h3-4,6,9,11H,5,7-8H2,1-2H3. The first-order valence-electron chi connectivity index (χ1n) is 5.00. The third-order valence-corrected chi connectivity index (χ3v) is 2.09. The maximum atomic E-state index is 10.9. The van der Waals surface area contributed by atoms with Gasteiger partial charge in [0.05, 0.1) is 20.1 Å². The zero-order chi connectivity index (χ0) is 11.1. The van der Waals surface area contributed by atoms with Crippen LogP contribution in [0.1, 0.15) is 13.3 Å². The quantitative estimate of drug-likeness (QED) is 0.693. The number of ether oxygens (including phenoxy) is 1. The van der Waals surface area contributed by atoms with E-state index in [1.54, 1.807) is 6.20 Å². The van der Waals surface area contributed by atoms with E-state index in [-0.39, 0.29) is 12.0 Å². The smallest absolute Gasteiger partial charge is 0.307 e. The van der Waals surface area contributed by atoms with Crippen LogP contribution in [-0.2, 0) is 16.1 Å². The van der Waals surface area contributed by atoms with Crippen molar-refractivity contribution in [3.05, 3.63) is 18.5 Å². The molecule has 1 aromatic rings. The van der Waals surface area contributed by atoms with Crippen molar-refractivity contribution >= 4 is 5.97 Å². The van der Waals surface area contributed by atoms with Gasteiger partial charge in [0.25, 0.3) is 0 Å². The Labute approximate surface area is 89.4 Å². The lowest BCUT2D eigenvalue weighted by Crippen LogP contribution is -2.31. The Hall–Kier alpha value is -1.36. The van der Waals surface area contributed by atoms with E-state index in [2.05, 4.69) is 15.2 Å². The maximum Gasteiger partial charge on any atom is 0.307 e. The van der Waals surface area contributed by atoms with E-state index in [1.807, 2.05) is 23.9 Å². The first-order chi connectivity index (χ1) is 7.22. The van der Waals surface area contributed by atoms with Crippen LogP contribution in [0.3, 0.4) is 0 Å². The first-order valence-corrected chi connectivity index (χ1v) is 5.00. The highest BCUT2D eigenvalue weighted by molar-refractivity contribution is 5.69. The van der Waals surface area contributed by atoms with Crippen LogP contribution in [0.25, 0.3) is 0 Å². The van der Waals surface area contributed by atoms with E-state index in [9.17, 15) is 4.79 Å². The third-order valence-electron chi connectivity index (χ3n) is 2.09. The van der Waals surface area contributed by atoms with Crippen LogP contribution in [0.4, 0.5) is 0 Å². The summed E-state index contributed by atoms with van der Waals surface area (Å²) in [5.74, 6) is -0.186. The van der Waals surface area contributed by atoms with Crippen LogP contribution in [0.2, 0.25) is 0 Å². The molecule has 5 nitrogen and oxygen atoms in total. The number of methoxy groups -OCH3 is 1. The molecule has 84 valence electrons. The van der Waals surface area contributed by atoms with Gasteiger partial charge in [0.15, 0.2) is 0 Å². The summed E-state index contributed by atoms with van der Waals surface area (Å²) < 4.78 is 6.42. The molecule has 0 saturated heterocycles. The van der Waals surface area contributed by atoms with Crippen molar-refractivity contribution in [1.29, 1.82) is 0 Å². The molecular weight excluding hydrogens is 194 g/mol. The van der Waals surface area contributed by atoms with Gasteiger partial charge < -0.3 is 10.1 Å². The number of carbonyl (C=O) groups is 1. The van der Waals surface area contributed by atoms with Gasteiger partial charge in [-0.25, -0.2) is 0 Å². The average molecular weight is 211 g/mol. The Morgan fingerprint density at radius 3 is 3.07 bits per heavy atom. The zero-order valence-electron chi connectivity index (χ0n) is 9.14. The van der Waals surface area contributed by atoms with Gasteiger partial charge in [0.2, 0.25) is 0 Å². The largest absolute Gasteiger partial charge is 0.469 e. The molecule has 0 aromatic carbocycles. The van der Waals surface area contributed by atoms with Gasteiger partial charge in [-0.05, 0) is 13.0 Å². The number of carbonyl (C=O) groups excluding carboxylic acids is 1. The Bertz CT molecular complexity index is 285. The van der Waals surface area contributed by atoms with E-state index in [0.29, 0.717) is 6.42 Å². The van der Waals surface area contributed by atoms with Crippen LogP contribution >= 0.6 is 0 Å². The summed E-state index contributed by atoms with van der Waals surface area (Å²) in [5, 5.41) is 7.30. The number of aromatic nitrogens is 2. The minimum atomic E-state index is -0.186. The normalized spacial score (nSPS) is 12.4. The Morgan fingerprint density at radius 2 is 2.47 bits per heavy atom. The predicted molar refractivity (Wildman–Crippen MR) is 56.3 cm³/mol. The van der Waals surface area contributed by atoms with Crippen LogP contribution < -0.4 is 5.32 Å². The van der Waals surface area contributed by atoms with Gasteiger partial charge in [0, 0.05) is 25.0 Å². The SMILES string of the molecule is COC(=O)CC(C)NCCn1cccn1. The van der Waals surface area contributed by atoms with Crippen LogP contribution in [0.5, 0.6) is 0 Å². The molecule has 0 aliphatic carbocycles. The van der Waals surface area contributed by atoms with Gasteiger partial charge >= 0.3 is 5.97 Å². The minimum Gasteiger partial charge on any atom is -0.469 e. The number of esters is 1. The first kappa shape index (κ1) is 11.7. The Balaban J connectivity index is 2.12. The second-order valence-corrected chi connectivity index (χ2v) is 3.40. The second-order valence-electron chi connectivity index (χ2n) is 3.40. The lowest BCUT2D eigenvalue weighted by molar-refractivity contribution is -0.141. The molecule has 1 unspecified atom stereocenters. The molecule has 1 rings (SSSR count). The molecule has 0 saturated carbocycles. The highest BCUT2D eigenvalue weighted by Gasteiger charge is 2.07. The van der Waals surface area contributed by atoms with Crippen molar-refractivity contribution in [2.75, 3.05) is 13.7 Å². The van der Waals surface area contributed by atoms with E-state index >= 15 is 0 Å². The molecule has 0 bridgehead atoms. The molecule has 0 radical (unpaired) electrons. The monoisotopic (exact) mass is 211 g/mol. The summed E-state index contributed by atoms with van der Waals surface area (Å²) in [7, 11) is 1.40. The Kier molecular flexibility index (Phi) is 4.83. The summed E-state index contributed by atoms with van der Waals surface area (Å²) in [6, 6.07) is 2.02. The van der Waals surface area contributed by atoms with E-state index in [1.165, 1.54) is 7.11 Å². The molecule has 0 aliphatic rings. The van der Waals surface area contributed by atoms with E-state index in [4.69, 9.17) is 0 Å². The molecule has 0 amide bonds. The lowest BCUT2D eigenvalue weighted by Gasteiger charge is -2.12. The second kappa shape index (κ2) is 6.19. The summed E-state index contributed by atoms with van der Waals surface area (Å²) in [5.41, 5.74) is 0. The molecule has 0 fully saturated rings. The number of rotatable bonds is 6. The van der Waals surface area contributed by atoms with Crippen molar-refractivity contribution in [2.24, 2.45) is 0 Å². The number of hydrogen-bond acceptors (Lipinski definition) is 4. The fourth-order valence-corrected chi connectivity index (χ4v) is 1.26. The predicted octanol–water partition coefficient (Wildman–Crippen LogP) is 0.424. The van der Waals surface area contributed by atoms with E-state index < -0.39 is 0 Å². The molecule has 1 aromatic heterocycles. The molecule has 0 aliphatic heterocycles. The van der Waals surface area contributed by atoms with Crippen molar-refractivity contribution in [2.45, 2.75) is 25.9 Å². The third kappa shape index (κ3) is 4.60. The lowest BCUT2D eigenvalue weighted by atomic mass is 10.2. The number of nitrogens with one attached hydrogen (secondary N) is 1. The fraction of sp³-hybridized carbons (Fsp3) is 0.600. The zero-order valence-corrected chi connectivity index (χ0v) is 9.14. The van der Waals surface area contributed by atoms with Crippen LogP contribution in [-0.4, -0.2) is 35.4 Å².